The molecular weight excluding hydrogens is 432 g/mol. The van der Waals surface area contributed by atoms with Crippen molar-refractivity contribution < 1.29 is 32.8 Å². The van der Waals surface area contributed by atoms with E-state index in [9.17, 15) is 0 Å². The maximum Gasteiger partial charge on any atom is 2.00 e. The van der Waals surface area contributed by atoms with Gasteiger partial charge in [0.1, 0.15) is 10.3 Å². The van der Waals surface area contributed by atoms with Gasteiger partial charge in [-0.15, -0.1) is 0 Å². The van der Waals surface area contributed by atoms with E-state index in [2.05, 4.69) is 9.97 Å². The zero-order chi connectivity index (χ0) is 12.0. The van der Waals surface area contributed by atoms with Gasteiger partial charge in [0, 0.05) is 22.4 Å². The van der Waals surface area contributed by atoms with E-state index < -0.39 is 0 Å². The summed E-state index contributed by atoms with van der Waals surface area (Å²) in [5.74, 6) is 0. The number of aromatic nitrogens is 2. The maximum atomic E-state index is 5.52. The molecule has 0 fully saturated rings. The average Bonchev–Trinajstić information content (AvgIpc) is 2.17. The Kier molecular flexibility index (Phi) is 13.0. The van der Waals surface area contributed by atoms with Gasteiger partial charge in [0.25, 0.3) is 0 Å². The van der Waals surface area contributed by atoms with Crippen LogP contribution in [0.15, 0.2) is 36.7 Å². The second-order valence-corrected chi connectivity index (χ2v) is 4.24. The Labute approximate surface area is 145 Å². The van der Waals surface area contributed by atoms with Gasteiger partial charge in [-0.2, -0.15) is 0 Å². The van der Waals surface area contributed by atoms with E-state index in [4.69, 9.17) is 46.4 Å². The Morgan fingerprint density at radius 1 is 0.722 bits per heavy atom. The monoisotopic (exact) mass is 435 g/mol. The zero-order valence-corrected chi connectivity index (χ0v) is 13.9. The van der Waals surface area contributed by atoms with Crippen LogP contribution in [0, 0.1) is 0 Å². The molecule has 0 amide bonds. The Morgan fingerprint density at radius 3 is 1.22 bits per heavy atom. The van der Waals surface area contributed by atoms with Crippen LogP contribution in [0.3, 0.4) is 0 Å². The fraction of sp³-hybridized carbons (Fsp3) is 0. The van der Waals surface area contributed by atoms with Crippen LogP contribution in [0.2, 0.25) is 20.4 Å². The molecule has 0 radical (unpaired) electrons. The fourth-order valence-corrected chi connectivity index (χ4v) is 1.54. The predicted molar refractivity (Wildman–Crippen MR) is 68.5 cm³/mol. The van der Waals surface area contributed by atoms with Crippen LogP contribution in [-0.4, -0.2) is 9.97 Å². The third-order valence-corrected chi connectivity index (χ3v) is 2.26. The van der Waals surface area contributed by atoms with E-state index in [-0.39, 0.29) is 32.8 Å². The number of rotatable bonds is 0. The van der Waals surface area contributed by atoms with Crippen molar-refractivity contribution in [3.8, 4) is 0 Å². The van der Waals surface area contributed by atoms with E-state index in [1.165, 1.54) is 0 Å². The smallest absolute Gasteiger partial charge is 1.00 e. The summed E-state index contributed by atoms with van der Waals surface area (Å²) in [5, 5.41) is 2.09. The van der Waals surface area contributed by atoms with Gasteiger partial charge in [-0.25, -0.2) is 9.97 Å². The van der Waals surface area contributed by atoms with Gasteiger partial charge in [-0.3, -0.25) is 0 Å². The third-order valence-electron chi connectivity index (χ3n) is 1.38. The van der Waals surface area contributed by atoms with Gasteiger partial charge in [0.2, 0.25) is 0 Å². The van der Waals surface area contributed by atoms with Crippen LogP contribution in [0.4, 0.5) is 0 Å². The van der Waals surface area contributed by atoms with Crippen LogP contribution >= 0.6 is 46.4 Å². The molecule has 0 N–H and O–H groups in total. The van der Waals surface area contributed by atoms with Crippen LogP contribution in [-0.2, 0) is 20.4 Å². The van der Waals surface area contributed by atoms with Gasteiger partial charge >= 0.3 is 20.4 Å². The fourth-order valence-electron chi connectivity index (χ4n) is 0.758. The summed E-state index contributed by atoms with van der Waals surface area (Å²) in [6.07, 6.45) is 3.12. The molecule has 0 unspecified atom stereocenters. The molecule has 18 heavy (non-hydrogen) atoms. The number of pyridine rings is 2. The van der Waals surface area contributed by atoms with Gasteiger partial charge in [0.15, 0.2) is 0 Å². The first-order valence-corrected chi connectivity index (χ1v) is 5.63. The molecule has 0 aliphatic rings. The number of hydrogen-bond donors (Lipinski definition) is 0. The van der Waals surface area contributed by atoms with E-state index in [0.29, 0.717) is 20.4 Å². The summed E-state index contributed by atoms with van der Waals surface area (Å²) in [6, 6.07) is 6.52. The third kappa shape index (κ3) is 9.36. The van der Waals surface area contributed by atoms with Crippen molar-refractivity contribution in [1.82, 2.24) is 9.97 Å². The topological polar surface area (TPSA) is 25.8 Å². The summed E-state index contributed by atoms with van der Waals surface area (Å²) in [7, 11) is 0. The van der Waals surface area contributed by atoms with Crippen LogP contribution in [0.1, 0.15) is 0 Å². The van der Waals surface area contributed by atoms with Crippen molar-refractivity contribution in [3.05, 3.63) is 57.0 Å². The molecule has 2 nitrogen and oxygen atoms in total. The summed E-state index contributed by atoms with van der Waals surface area (Å²) in [5.41, 5.74) is 0. The minimum absolute atomic E-state index is 0. The molecule has 0 bridgehead atoms. The Bertz CT molecular complexity index is 392. The van der Waals surface area contributed by atoms with Crippen molar-refractivity contribution in [1.29, 1.82) is 0 Å². The largest absolute Gasteiger partial charge is 2.00 e. The molecule has 8 heteroatoms. The van der Waals surface area contributed by atoms with Crippen molar-refractivity contribution in [2.45, 2.75) is 0 Å². The molecule has 0 saturated carbocycles. The van der Waals surface area contributed by atoms with Gasteiger partial charge < -0.3 is 12.4 Å². The molecule has 0 spiro atoms. The van der Waals surface area contributed by atoms with E-state index >= 15 is 0 Å². The van der Waals surface area contributed by atoms with Crippen molar-refractivity contribution in [3.63, 3.8) is 0 Å². The normalized spacial score (nSPS) is 8.22. The van der Waals surface area contributed by atoms with Crippen molar-refractivity contribution in [2.24, 2.45) is 0 Å². The first-order chi connectivity index (χ1) is 7.58. The molecule has 0 aliphatic carbocycles. The number of hydrogen-bond acceptors (Lipinski definition) is 2. The van der Waals surface area contributed by atoms with Crippen molar-refractivity contribution >= 4 is 46.4 Å². The van der Waals surface area contributed by atoms with E-state index in [0.717, 1.165) is 0 Å². The van der Waals surface area contributed by atoms with E-state index in [1.54, 1.807) is 36.7 Å². The first kappa shape index (κ1) is 20.7. The molecule has 0 aliphatic heterocycles. The Balaban J connectivity index is 0. The van der Waals surface area contributed by atoms with Crippen LogP contribution < -0.4 is 12.4 Å². The average molecular weight is 438 g/mol. The number of nitrogens with zero attached hydrogens (tertiary/aromatic N) is 2. The summed E-state index contributed by atoms with van der Waals surface area (Å²) >= 11 is 21.9. The second-order valence-electron chi connectivity index (χ2n) is 2.59. The van der Waals surface area contributed by atoms with Gasteiger partial charge in [-0.1, -0.05) is 46.4 Å². The molecule has 2 rings (SSSR count). The van der Waals surface area contributed by atoms with Crippen molar-refractivity contribution in [2.75, 3.05) is 0 Å². The molecular formula is C10H6Cl5N2Pd+. The number of halogens is 5. The second kappa shape index (κ2) is 11.3. The van der Waals surface area contributed by atoms with Crippen LogP contribution in [0.5, 0.6) is 0 Å². The minimum atomic E-state index is 0. The minimum Gasteiger partial charge on any atom is -1.00 e. The SMILES string of the molecule is Clc1ccnc(Cl)c1.Clc1ccnc(Cl)c1.[Cl-].[Pd+2]. The molecule has 0 atom stereocenters. The molecule has 0 aromatic carbocycles. The predicted octanol–water partition coefficient (Wildman–Crippen LogP) is 1.78. The van der Waals surface area contributed by atoms with Crippen LogP contribution in [0.25, 0.3) is 0 Å². The molecule has 2 aromatic rings. The van der Waals surface area contributed by atoms with Gasteiger partial charge in [-0.05, 0) is 24.3 Å². The standard InChI is InChI=1S/2C5H3Cl2N.ClH.Pd/c2*6-4-1-2-8-5(7)3-4;;/h2*1-3H;1H;/q;;;+2/p-1. The Morgan fingerprint density at radius 2 is 1.06 bits per heavy atom. The first-order valence-electron chi connectivity index (χ1n) is 4.12. The molecule has 2 aromatic heterocycles. The molecule has 2 heterocycles. The molecule has 0 saturated heterocycles. The summed E-state index contributed by atoms with van der Waals surface area (Å²) in [6.45, 7) is 0. The Hall–Kier alpha value is 0.412. The summed E-state index contributed by atoms with van der Waals surface area (Å²) < 4.78 is 0. The zero-order valence-electron chi connectivity index (χ0n) is 8.56. The maximum absolute atomic E-state index is 5.52. The quantitative estimate of drug-likeness (QED) is 0.464. The summed E-state index contributed by atoms with van der Waals surface area (Å²) in [4.78, 5) is 7.44. The molecule has 100 valence electrons. The van der Waals surface area contributed by atoms with Gasteiger partial charge in [0.05, 0.1) is 0 Å². The van der Waals surface area contributed by atoms with E-state index in [1.807, 2.05) is 0 Å².